The average molecular weight is 418 g/mol. The van der Waals surface area contributed by atoms with Gasteiger partial charge in [-0.25, -0.2) is 4.98 Å². The first-order chi connectivity index (χ1) is 14.6. The van der Waals surface area contributed by atoms with Gasteiger partial charge in [0.15, 0.2) is 0 Å². The second-order valence-corrected chi connectivity index (χ2v) is 7.31. The van der Waals surface area contributed by atoms with E-state index in [9.17, 15) is 9.90 Å². The quantitative estimate of drug-likeness (QED) is 0.403. The molecule has 150 valence electrons. The Morgan fingerprint density at radius 3 is 2.40 bits per heavy atom. The van der Waals surface area contributed by atoms with Crippen LogP contribution in [0.15, 0.2) is 72.8 Å². The van der Waals surface area contributed by atoms with Gasteiger partial charge in [-0.15, -0.1) is 0 Å². The van der Waals surface area contributed by atoms with Crippen molar-refractivity contribution >= 4 is 28.5 Å². The van der Waals surface area contributed by atoms with Crippen molar-refractivity contribution < 1.29 is 14.6 Å². The van der Waals surface area contributed by atoms with Crippen molar-refractivity contribution in [3.63, 3.8) is 0 Å². The Morgan fingerprint density at radius 1 is 1.00 bits per heavy atom. The number of carboxylic acids is 1. The molecule has 0 bridgehead atoms. The summed E-state index contributed by atoms with van der Waals surface area (Å²) < 4.78 is 5.54. The predicted octanol–water partition coefficient (Wildman–Crippen LogP) is 6.25. The van der Waals surface area contributed by atoms with Crippen molar-refractivity contribution in [1.29, 1.82) is 0 Å². The Balaban J connectivity index is 2.04. The Kier molecular flexibility index (Phi) is 5.68. The van der Waals surface area contributed by atoms with Gasteiger partial charge in [-0.05, 0) is 66.1 Å². The number of ether oxygens (including phenoxy) is 1. The second kappa shape index (κ2) is 8.56. The van der Waals surface area contributed by atoms with Crippen LogP contribution < -0.4 is 4.74 Å². The zero-order valence-electron chi connectivity index (χ0n) is 16.4. The van der Waals surface area contributed by atoms with Crippen LogP contribution in [0.4, 0.5) is 0 Å². The summed E-state index contributed by atoms with van der Waals surface area (Å²) in [5, 5.41) is 11.1. The lowest BCUT2D eigenvalue weighted by Crippen LogP contribution is -2.06. The molecular weight excluding hydrogens is 398 g/mol. The van der Waals surface area contributed by atoms with Crippen LogP contribution in [0.3, 0.4) is 0 Å². The van der Waals surface area contributed by atoms with E-state index in [-0.39, 0.29) is 6.42 Å². The third-order valence-corrected chi connectivity index (χ3v) is 5.11. The number of aliphatic carboxylic acids is 1. The first kappa shape index (κ1) is 19.9. The highest BCUT2D eigenvalue weighted by molar-refractivity contribution is 6.31. The standard InChI is InChI=1S/C25H20ClNO3/c1-2-30-19-11-8-17(9-12-19)25-21(15-23(28)29)24(16-6-4-3-5-7-16)20-14-18(26)10-13-22(20)27-25/h3-14H,2,15H2,1H3,(H,28,29). The van der Waals surface area contributed by atoms with Gasteiger partial charge in [-0.1, -0.05) is 41.9 Å². The van der Waals surface area contributed by atoms with Gasteiger partial charge >= 0.3 is 5.97 Å². The van der Waals surface area contributed by atoms with Crippen LogP contribution in [0.25, 0.3) is 33.3 Å². The highest BCUT2D eigenvalue weighted by atomic mass is 35.5. The van der Waals surface area contributed by atoms with E-state index in [0.717, 1.165) is 33.3 Å². The normalized spacial score (nSPS) is 10.9. The molecule has 0 saturated carbocycles. The third kappa shape index (κ3) is 4.00. The molecule has 0 radical (unpaired) electrons. The van der Waals surface area contributed by atoms with E-state index in [2.05, 4.69) is 0 Å². The Labute approximate surface area is 179 Å². The van der Waals surface area contributed by atoms with Crippen molar-refractivity contribution in [1.82, 2.24) is 4.98 Å². The van der Waals surface area contributed by atoms with Gasteiger partial charge in [0.2, 0.25) is 0 Å². The summed E-state index contributed by atoms with van der Waals surface area (Å²) in [5.74, 6) is -0.153. The summed E-state index contributed by atoms with van der Waals surface area (Å²) >= 11 is 6.28. The minimum absolute atomic E-state index is 0.151. The minimum Gasteiger partial charge on any atom is -0.494 e. The van der Waals surface area contributed by atoms with Crippen LogP contribution in [0.5, 0.6) is 5.75 Å². The zero-order valence-corrected chi connectivity index (χ0v) is 17.2. The molecular formula is C25H20ClNO3. The van der Waals surface area contributed by atoms with E-state index in [4.69, 9.17) is 21.3 Å². The average Bonchev–Trinajstić information content (AvgIpc) is 2.74. The van der Waals surface area contributed by atoms with Gasteiger partial charge in [-0.3, -0.25) is 4.79 Å². The fourth-order valence-electron chi connectivity index (χ4n) is 3.65. The number of hydrogen-bond acceptors (Lipinski definition) is 3. The highest BCUT2D eigenvalue weighted by Gasteiger charge is 2.20. The second-order valence-electron chi connectivity index (χ2n) is 6.87. The molecule has 1 heterocycles. The van der Waals surface area contributed by atoms with Gasteiger partial charge < -0.3 is 9.84 Å². The number of pyridine rings is 1. The largest absolute Gasteiger partial charge is 0.494 e. The van der Waals surface area contributed by atoms with Gasteiger partial charge in [0.05, 0.1) is 24.2 Å². The molecule has 0 aliphatic carbocycles. The fraction of sp³-hybridized carbons (Fsp3) is 0.120. The van der Waals surface area contributed by atoms with E-state index in [0.29, 0.717) is 22.9 Å². The summed E-state index contributed by atoms with van der Waals surface area (Å²) in [5.41, 5.74) is 4.67. The van der Waals surface area contributed by atoms with Crippen LogP contribution in [0, 0.1) is 0 Å². The van der Waals surface area contributed by atoms with Crippen molar-refractivity contribution in [2.24, 2.45) is 0 Å². The lowest BCUT2D eigenvalue weighted by atomic mass is 9.90. The van der Waals surface area contributed by atoms with E-state index < -0.39 is 5.97 Å². The van der Waals surface area contributed by atoms with Crippen molar-refractivity contribution in [2.45, 2.75) is 13.3 Å². The molecule has 0 amide bonds. The van der Waals surface area contributed by atoms with Crippen LogP contribution in [-0.4, -0.2) is 22.7 Å². The lowest BCUT2D eigenvalue weighted by Gasteiger charge is -2.17. The SMILES string of the molecule is CCOc1ccc(-c2nc3ccc(Cl)cc3c(-c3ccccc3)c2CC(=O)O)cc1. The maximum Gasteiger partial charge on any atom is 0.307 e. The molecule has 4 aromatic rings. The predicted molar refractivity (Wildman–Crippen MR) is 120 cm³/mol. The summed E-state index contributed by atoms with van der Waals surface area (Å²) in [7, 11) is 0. The van der Waals surface area contributed by atoms with Crippen LogP contribution in [-0.2, 0) is 11.2 Å². The van der Waals surface area contributed by atoms with Crippen LogP contribution in [0.1, 0.15) is 12.5 Å². The Hall–Kier alpha value is -3.37. The first-order valence-electron chi connectivity index (χ1n) is 9.69. The molecule has 0 unspecified atom stereocenters. The van der Waals surface area contributed by atoms with Gasteiger partial charge in [0.1, 0.15) is 5.75 Å². The molecule has 0 atom stereocenters. The van der Waals surface area contributed by atoms with E-state index in [1.54, 1.807) is 6.07 Å². The van der Waals surface area contributed by atoms with Crippen molar-refractivity contribution in [2.75, 3.05) is 6.61 Å². The van der Waals surface area contributed by atoms with Crippen LogP contribution >= 0.6 is 11.6 Å². The maximum absolute atomic E-state index is 11.8. The molecule has 4 nitrogen and oxygen atoms in total. The monoisotopic (exact) mass is 417 g/mol. The summed E-state index contributed by atoms with van der Waals surface area (Å²) in [6.45, 7) is 2.51. The number of benzene rings is 3. The summed E-state index contributed by atoms with van der Waals surface area (Å²) in [6.07, 6.45) is -0.151. The number of fused-ring (bicyclic) bond motifs is 1. The Bertz CT molecular complexity index is 1200. The number of rotatable bonds is 6. The van der Waals surface area contributed by atoms with Gasteiger partial charge in [-0.2, -0.15) is 0 Å². The van der Waals surface area contributed by atoms with Gasteiger partial charge in [0.25, 0.3) is 0 Å². The van der Waals surface area contributed by atoms with Crippen molar-refractivity contribution in [3.05, 3.63) is 83.4 Å². The Morgan fingerprint density at radius 2 is 1.73 bits per heavy atom. The summed E-state index contributed by atoms with van der Waals surface area (Å²) in [4.78, 5) is 16.6. The molecule has 0 aliphatic rings. The van der Waals surface area contributed by atoms with E-state index in [1.165, 1.54) is 0 Å². The molecule has 0 saturated heterocycles. The number of aromatic nitrogens is 1. The maximum atomic E-state index is 11.8. The molecule has 1 aromatic heterocycles. The minimum atomic E-state index is -0.914. The molecule has 30 heavy (non-hydrogen) atoms. The highest BCUT2D eigenvalue weighted by Crippen LogP contribution is 2.38. The fourth-order valence-corrected chi connectivity index (χ4v) is 3.82. The summed E-state index contributed by atoms with van der Waals surface area (Å²) in [6, 6.07) is 22.8. The van der Waals surface area contributed by atoms with Gasteiger partial charge in [0, 0.05) is 16.0 Å². The lowest BCUT2D eigenvalue weighted by molar-refractivity contribution is -0.136. The van der Waals surface area contributed by atoms with Crippen molar-refractivity contribution in [3.8, 4) is 28.1 Å². The number of carboxylic acid groups (broad SMARTS) is 1. The number of carbonyl (C=O) groups is 1. The third-order valence-electron chi connectivity index (χ3n) is 4.88. The zero-order chi connectivity index (χ0) is 21.1. The molecule has 1 N–H and O–H groups in total. The number of halogens is 1. The molecule has 3 aromatic carbocycles. The van der Waals surface area contributed by atoms with E-state index in [1.807, 2.05) is 73.7 Å². The molecule has 0 aliphatic heterocycles. The molecule has 4 rings (SSSR count). The first-order valence-corrected chi connectivity index (χ1v) is 10.1. The molecule has 0 fully saturated rings. The van der Waals surface area contributed by atoms with E-state index >= 15 is 0 Å². The molecule has 0 spiro atoms. The molecule has 5 heteroatoms. The number of nitrogens with zero attached hydrogens (tertiary/aromatic N) is 1. The topological polar surface area (TPSA) is 59.4 Å². The van der Waals surface area contributed by atoms with Crippen LogP contribution in [0.2, 0.25) is 5.02 Å². The smallest absolute Gasteiger partial charge is 0.307 e. The number of hydrogen-bond donors (Lipinski definition) is 1.